The van der Waals surface area contributed by atoms with E-state index in [4.69, 9.17) is 37.4 Å². The van der Waals surface area contributed by atoms with Gasteiger partial charge in [0.2, 0.25) is 0 Å². The Bertz CT molecular complexity index is 1230. The molecular weight excluding hydrogens is 505 g/mol. The molecule has 36 heavy (non-hydrogen) atoms. The Morgan fingerprint density at radius 1 is 0.944 bits per heavy atom. The van der Waals surface area contributed by atoms with E-state index >= 15 is 0 Å². The Morgan fingerprint density at radius 2 is 1.72 bits per heavy atom. The van der Waals surface area contributed by atoms with Crippen molar-refractivity contribution in [2.45, 2.75) is 20.0 Å². The highest BCUT2D eigenvalue weighted by Gasteiger charge is 2.13. The fourth-order valence-corrected chi connectivity index (χ4v) is 3.40. The van der Waals surface area contributed by atoms with Crippen molar-refractivity contribution in [3.63, 3.8) is 0 Å². The molecule has 3 aromatic carbocycles. The van der Waals surface area contributed by atoms with E-state index in [1.807, 2.05) is 6.92 Å². The van der Waals surface area contributed by atoms with Crippen LogP contribution in [0.2, 0.25) is 10.0 Å². The molecule has 188 valence electrons. The third kappa shape index (κ3) is 7.90. The molecule has 0 heterocycles. The average molecular weight is 530 g/mol. The molecule has 0 radical (unpaired) electrons. The van der Waals surface area contributed by atoms with E-state index in [0.717, 1.165) is 12.0 Å². The van der Waals surface area contributed by atoms with Gasteiger partial charge in [0.15, 0.2) is 11.5 Å². The monoisotopic (exact) mass is 529 g/mol. The number of rotatable bonds is 10. The van der Waals surface area contributed by atoms with Crippen molar-refractivity contribution in [2.24, 2.45) is 5.10 Å². The molecule has 0 spiro atoms. The van der Waals surface area contributed by atoms with E-state index < -0.39 is 11.8 Å². The molecular formula is C26H25Cl2N3O5. The van der Waals surface area contributed by atoms with Gasteiger partial charge >= 0.3 is 11.8 Å². The summed E-state index contributed by atoms with van der Waals surface area (Å²) >= 11 is 12.1. The molecule has 0 aliphatic rings. The third-order valence-corrected chi connectivity index (χ3v) is 5.34. The molecule has 0 saturated heterocycles. The van der Waals surface area contributed by atoms with Gasteiger partial charge in [0.25, 0.3) is 0 Å². The second-order valence-electron chi connectivity index (χ2n) is 7.46. The van der Waals surface area contributed by atoms with Gasteiger partial charge in [-0.3, -0.25) is 9.59 Å². The highest BCUT2D eigenvalue weighted by Crippen LogP contribution is 2.29. The Morgan fingerprint density at radius 3 is 2.42 bits per heavy atom. The molecule has 3 aromatic rings. The lowest BCUT2D eigenvalue weighted by Gasteiger charge is -2.12. The number of hydrogen-bond donors (Lipinski definition) is 2. The van der Waals surface area contributed by atoms with Crippen molar-refractivity contribution in [3.05, 3.63) is 81.8 Å². The summed E-state index contributed by atoms with van der Waals surface area (Å²) in [5.74, 6) is -0.125. The first-order valence-electron chi connectivity index (χ1n) is 11.0. The predicted octanol–water partition coefficient (Wildman–Crippen LogP) is 5.46. The number of carbonyl (C=O) groups is 2. The Hall–Kier alpha value is -3.75. The molecule has 0 aliphatic carbocycles. The summed E-state index contributed by atoms with van der Waals surface area (Å²) in [6.07, 6.45) is 2.27. The first-order chi connectivity index (χ1) is 17.4. The Balaban J connectivity index is 1.53. The normalized spacial score (nSPS) is 10.7. The lowest BCUT2D eigenvalue weighted by atomic mass is 10.2. The summed E-state index contributed by atoms with van der Waals surface area (Å²) in [5, 5.41) is 7.38. The van der Waals surface area contributed by atoms with Gasteiger partial charge in [-0.2, -0.15) is 5.10 Å². The van der Waals surface area contributed by atoms with Crippen LogP contribution in [0.25, 0.3) is 0 Å². The summed E-state index contributed by atoms with van der Waals surface area (Å²) in [5.41, 5.74) is 4.05. The van der Waals surface area contributed by atoms with E-state index in [1.165, 1.54) is 13.3 Å². The molecule has 0 aliphatic heterocycles. The number of amides is 2. The van der Waals surface area contributed by atoms with Crippen molar-refractivity contribution in [1.29, 1.82) is 0 Å². The van der Waals surface area contributed by atoms with Gasteiger partial charge < -0.3 is 19.5 Å². The molecule has 2 N–H and O–H groups in total. The van der Waals surface area contributed by atoms with Gasteiger partial charge in [0, 0.05) is 21.3 Å². The summed E-state index contributed by atoms with van der Waals surface area (Å²) in [6, 6.07) is 17.0. The second kappa shape index (κ2) is 13.4. The van der Waals surface area contributed by atoms with Crippen LogP contribution in [-0.2, 0) is 16.2 Å². The number of benzene rings is 3. The Labute approximate surface area is 219 Å². The molecule has 0 aromatic heterocycles. The maximum Gasteiger partial charge on any atom is 0.329 e. The van der Waals surface area contributed by atoms with Crippen molar-refractivity contribution in [1.82, 2.24) is 5.43 Å². The van der Waals surface area contributed by atoms with Crippen LogP contribution in [0, 0.1) is 0 Å². The van der Waals surface area contributed by atoms with Gasteiger partial charge in [-0.1, -0.05) is 36.2 Å². The van der Waals surface area contributed by atoms with Crippen LogP contribution in [0.15, 0.2) is 65.8 Å². The molecule has 2 amide bonds. The van der Waals surface area contributed by atoms with Crippen molar-refractivity contribution >= 4 is 46.9 Å². The van der Waals surface area contributed by atoms with E-state index in [0.29, 0.717) is 45.2 Å². The molecule has 0 fully saturated rings. The lowest BCUT2D eigenvalue weighted by Crippen LogP contribution is -2.32. The van der Waals surface area contributed by atoms with Crippen LogP contribution in [0.5, 0.6) is 17.2 Å². The number of nitrogens with one attached hydrogen (secondary N) is 2. The standard InChI is InChI=1S/C26H25Cl2N3O5/c1-3-12-35-21-9-7-20(8-10-21)30-25(32)26(33)31-29-15-17-4-11-23(24(13-17)34-2)36-16-18-5-6-19(27)14-22(18)28/h4-11,13-15H,3,12,16H2,1-2H3,(H,30,32)(H,31,33)/b29-15-. The third-order valence-electron chi connectivity index (χ3n) is 4.76. The lowest BCUT2D eigenvalue weighted by molar-refractivity contribution is -0.136. The van der Waals surface area contributed by atoms with Crippen LogP contribution in [0.3, 0.4) is 0 Å². The number of carbonyl (C=O) groups excluding carboxylic acids is 2. The first kappa shape index (κ1) is 26.8. The minimum atomic E-state index is -0.913. The first-order valence-corrected chi connectivity index (χ1v) is 11.8. The highest BCUT2D eigenvalue weighted by atomic mass is 35.5. The molecule has 0 bridgehead atoms. The summed E-state index contributed by atoms with van der Waals surface area (Å²) in [4.78, 5) is 24.2. The average Bonchev–Trinajstić information content (AvgIpc) is 2.88. The summed E-state index contributed by atoms with van der Waals surface area (Å²) < 4.78 is 16.7. The van der Waals surface area contributed by atoms with Crippen LogP contribution < -0.4 is 25.0 Å². The number of hydrogen-bond acceptors (Lipinski definition) is 6. The quantitative estimate of drug-likeness (QED) is 0.206. The smallest absolute Gasteiger partial charge is 0.329 e. The summed E-state index contributed by atoms with van der Waals surface area (Å²) in [6.45, 7) is 2.84. The van der Waals surface area contributed by atoms with Gasteiger partial charge in [-0.25, -0.2) is 5.43 Å². The number of anilines is 1. The van der Waals surface area contributed by atoms with Crippen molar-refractivity contribution in [3.8, 4) is 17.2 Å². The zero-order valence-electron chi connectivity index (χ0n) is 19.7. The largest absolute Gasteiger partial charge is 0.494 e. The minimum Gasteiger partial charge on any atom is -0.494 e. The molecule has 8 nitrogen and oxygen atoms in total. The van der Waals surface area contributed by atoms with E-state index in [1.54, 1.807) is 60.7 Å². The number of methoxy groups -OCH3 is 1. The number of ether oxygens (including phenoxy) is 3. The van der Waals surface area contributed by atoms with E-state index in [2.05, 4.69) is 15.8 Å². The van der Waals surface area contributed by atoms with Crippen molar-refractivity contribution < 1.29 is 23.8 Å². The van der Waals surface area contributed by atoms with E-state index in [-0.39, 0.29) is 6.61 Å². The SMILES string of the molecule is CCCOc1ccc(NC(=O)C(=O)N/N=C\c2ccc(OCc3ccc(Cl)cc3Cl)c(OC)c2)cc1. The van der Waals surface area contributed by atoms with Gasteiger partial charge in [-0.05, 0) is 66.6 Å². The Kier molecular flexibility index (Phi) is 9.97. The number of nitrogens with zero attached hydrogens (tertiary/aromatic N) is 1. The highest BCUT2D eigenvalue weighted by molar-refractivity contribution is 6.39. The van der Waals surface area contributed by atoms with Gasteiger partial charge in [0.1, 0.15) is 12.4 Å². The molecule has 0 unspecified atom stereocenters. The van der Waals surface area contributed by atoms with Crippen LogP contribution in [0.4, 0.5) is 5.69 Å². The zero-order chi connectivity index (χ0) is 25.9. The summed E-state index contributed by atoms with van der Waals surface area (Å²) in [7, 11) is 1.51. The molecule has 0 saturated carbocycles. The van der Waals surface area contributed by atoms with Gasteiger partial charge in [0.05, 0.1) is 19.9 Å². The fourth-order valence-electron chi connectivity index (χ4n) is 2.94. The zero-order valence-corrected chi connectivity index (χ0v) is 21.2. The minimum absolute atomic E-state index is 0.222. The van der Waals surface area contributed by atoms with Gasteiger partial charge in [-0.15, -0.1) is 0 Å². The van der Waals surface area contributed by atoms with E-state index in [9.17, 15) is 9.59 Å². The fraction of sp³-hybridized carbons (Fsp3) is 0.192. The maximum atomic E-state index is 12.1. The molecule has 10 heteroatoms. The topological polar surface area (TPSA) is 98.2 Å². The van der Waals surface area contributed by atoms with Crippen LogP contribution >= 0.6 is 23.2 Å². The maximum absolute atomic E-state index is 12.1. The van der Waals surface area contributed by atoms with Crippen molar-refractivity contribution in [2.75, 3.05) is 19.0 Å². The number of hydrazone groups is 1. The number of halogens is 2. The molecule has 0 atom stereocenters. The van der Waals surface area contributed by atoms with Crippen LogP contribution in [-0.4, -0.2) is 31.7 Å². The second-order valence-corrected chi connectivity index (χ2v) is 8.30. The molecule has 3 rings (SSSR count). The predicted molar refractivity (Wildman–Crippen MR) is 140 cm³/mol. The van der Waals surface area contributed by atoms with Crippen LogP contribution in [0.1, 0.15) is 24.5 Å².